The van der Waals surface area contributed by atoms with Gasteiger partial charge in [0, 0.05) is 26.4 Å². The van der Waals surface area contributed by atoms with Gasteiger partial charge in [-0.1, -0.05) is 5.16 Å². The maximum atomic E-state index is 5.71. The van der Waals surface area contributed by atoms with E-state index in [2.05, 4.69) is 5.16 Å². The van der Waals surface area contributed by atoms with Crippen molar-refractivity contribution in [3.8, 4) is 17.2 Å². The standard InChI is InChI=1S/C16H21NO7/c1-18-8-6-9(19-2)11(10(7-8)20-3)13-12-14(24-17-13)16(22-5)23-15(12)21-4/h6-7,12,14-16H,1-5H3/t12-,14-,15-,16+/m0/s1. The topological polar surface area (TPSA) is 77.0 Å². The highest BCUT2D eigenvalue weighted by molar-refractivity contribution is 6.08. The van der Waals surface area contributed by atoms with Crippen LogP contribution in [0.3, 0.4) is 0 Å². The first-order chi connectivity index (χ1) is 11.7. The number of hydrogen-bond acceptors (Lipinski definition) is 8. The minimum absolute atomic E-state index is 0.267. The van der Waals surface area contributed by atoms with E-state index in [9.17, 15) is 0 Å². The third-order valence-electron chi connectivity index (χ3n) is 4.21. The van der Waals surface area contributed by atoms with Crippen molar-refractivity contribution in [1.82, 2.24) is 0 Å². The van der Waals surface area contributed by atoms with Crippen LogP contribution >= 0.6 is 0 Å². The Balaban J connectivity index is 2.06. The van der Waals surface area contributed by atoms with Crippen molar-refractivity contribution in [2.45, 2.75) is 18.7 Å². The van der Waals surface area contributed by atoms with Gasteiger partial charge < -0.3 is 33.3 Å². The number of oxime groups is 1. The van der Waals surface area contributed by atoms with E-state index in [0.717, 1.165) is 0 Å². The molecule has 0 radical (unpaired) electrons. The van der Waals surface area contributed by atoms with Gasteiger partial charge in [0.05, 0.1) is 26.9 Å². The first-order valence-corrected chi connectivity index (χ1v) is 7.43. The fourth-order valence-corrected chi connectivity index (χ4v) is 3.06. The molecule has 0 spiro atoms. The molecule has 8 nitrogen and oxygen atoms in total. The van der Waals surface area contributed by atoms with E-state index in [4.69, 9.17) is 33.3 Å². The van der Waals surface area contributed by atoms with E-state index in [-0.39, 0.29) is 5.92 Å². The number of benzene rings is 1. The maximum absolute atomic E-state index is 5.71. The van der Waals surface area contributed by atoms with Crippen molar-refractivity contribution >= 4 is 5.71 Å². The molecule has 2 heterocycles. The van der Waals surface area contributed by atoms with Crippen LogP contribution in [-0.4, -0.2) is 59.9 Å². The van der Waals surface area contributed by atoms with Gasteiger partial charge in [0.25, 0.3) is 0 Å². The Morgan fingerprint density at radius 1 is 0.875 bits per heavy atom. The molecule has 0 N–H and O–H groups in total. The van der Waals surface area contributed by atoms with Crippen molar-refractivity contribution in [3.63, 3.8) is 0 Å². The van der Waals surface area contributed by atoms with E-state index >= 15 is 0 Å². The van der Waals surface area contributed by atoms with Crippen LogP contribution in [0.2, 0.25) is 0 Å². The summed E-state index contributed by atoms with van der Waals surface area (Å²) in [6, 6.07) is 3.53. The van der Waals surface area contributed by atoms with Crippen molar-refractivity contribution in [1.29, 1.82) is 0 Å². The SMILES string of the molecule is COc1cc(OC)c(C2=NO[C@@H]3[C@H](OC)O[C@H](OC)[C@@H]23)c(OC)c1. The van der Waals surface area contributed by atoms with Crippen LogP contribution in [0.1, 0.15) is 5.56 Å². The number of fused-ring (bicyclic) bond motifs is 1. The van der Waals surface area contributed by atoms with Gasteiger partial charge in [0.1, 0.15) is 28.9 Å². The van der Waals surface area contributed by atoms with E-state index in [1.165, 1.54) is 0 Å². The van der Waals surface area contributed by atoms with Gasteiger partial charge in [0.15, 0.2) is 12.4 Å². The first kappa shape index (κ1) is 16.8. The molecule has 0 aliphatic carbocycles. The second-order valence-corrected chi connectivity index (χ2v) is 5.32. The summed E-state index contributed by atoms with van der Waals surface area (Å²) in [6.45, 7) is 0. The molecule has 0 unspecified atom stereocenters. The highest BCUT2D eigenvalue weighted by Gasteiger charge is 2.54. The zero-order valence-electron chi connectivity index (χ0n) is 14.3. The first-order valence-electron chi connectivity index (χ1n) is 7.43. The molecule has 0 aromatic heterocycles. The molecule has 1 fully saturated rings. The molecule has 132 valence electrons. The van der Waals surface area contributed by atoms with Crippen LogP contribution in [0.4, 0.5) is 0 Å². The van der Waals surface area contributed by atoms with E-state index in [1.807, 2.05) is 0 Å². The third-order valence-corrected chi connectivity index (χ3v) is 4.21. The summed E-state index contributed by atoms with van der Waals surface area (Å²) in [4.78, 5) is 5.55. The lowest BCUT2D eigenvalue weighted by atomic mass is 9.92. The van der Waals surface area contributed by atoms with Gasteiger partial charge in [-0.25, -0.2) is 0 Å². The zero-order chi connectivity index (χ0) is 17.3. The normalized spacial score (nSPS) is 28.1. The number of ether oxygens (including phenoxy) is 6. The van der Waals surface area contributed by atoms with Gasteiger partial charge >= 0.3 is 0 Å². The number of methoxy groups -OCH3 is 5. The Bertz CT molecular complexity index is 608. The summed E-state index contributed by atoms with van der Waals surface area (Å²) in [6.07, 6.45) is -1.50. The molecule has 1 aromatic carbocycles. The molecule has 3 rings (SSSR count). The summed E-state index contributed by atoms with van der Waals surface area (Å²) >= 11 is 0. The summed E-state index contributed by atoms with van der Waals surface area (Å²) in [5.74, 6) is 1.47. The molecule has 0 bridgehead atoms. The van der Waals surface area contributed by atoms with Crippen LogP contribution in [0.25, 0.3) is 0 Å². The van der Waals surface area contributed by atoms with Gasteiger partial charge in [0.2, 0.25) is 6.29 Å². The predicted octanol–water partition coefficient (Wildman–Crippen LogP) is 1.41. The second kappa shape index (κ2) is 6.84. The summed E-state index contributed by atoms with van der Waals surface area (Å²) in [7, 11) is 7.84. The minimum atomic E-state index is -0.559. The summed E-state index contributed by atoms with van der Waals surface area (Å²) in [5.41, 5.74) is 1.30. The highest BCUT2D eigenvalue weighted by atomic mass is 16.8. The van der Waals surface area contributed by atoms with Crippen LogP contribution in [-0.2, 0) is 19.0 Å². The van der Waals surface area contributed by atoms with Crippen molar-refractivity contribution in [2.75, 3.05) is 35.5 Å². The van der Waals surface area contributed by atoms with Crippen LogP contribution in [0.15, 0.2) is 17.3 Å². The van der Waals surface area contributed by atoms with E-state index < -0.39 is 18.7 Å². The maximum Gasteiger partial charge on any atom is 0.200 e. The second-order valence-electron chi connectivity index (χ2n) is 5.32. The average Bonchev–Trinajstić information content (AvgIpc) is 3.20. The fourth-order valence-electron chi connectivity index (χ4n) is 3.06. The largest absolute Gasteiger partial charge is 0.496 e. The number of rotatable bonds is 6. The lowest BCUT2D eigenvalue weighted by Crippen LogP contribution is -2.32. The molecule has 1 aromatic rings. The van der Waals surface area contributed by atoms with Gasteiger partial charge in [-0.15, -0.1) is 0 Å². The van der Waals surface area contributed by atoms with Crippen molar-refractivity contribution < 1.29 is 33.3 Å². The molecule has 2 aliphatic rings. The quantitative estimate of drug-likeness (QED) is 0.775. The Hall–Kier alpha value is -2.03. The van der Waals surface area contributed by atoms with Crippen molar-refractivity contribution in [2.24, 2.45) is 11.1 Å². The Kier molecular flexibility index (Phi) is 4.79. The van der Waals surface area contributed by atoms with Gasteiger partial charge in [-0.05, 0) is 0 Å². The lowest BCUT2D eigenvalue weighted by molar-refractivity contribution is -0.206. The van der Waals surface area contributed by atoms with Crippen LogP contribution in [0.5, 0.6) is 17.2 Å². The Morgan fingerprint density at radius 2 is 1.50 bits per heavy atom. The van der Waals surface area contributed by atoms with Crippen LogP contribution in [0, 0.1) is 5.92 Å². The zero-order valence-corrected chi connectivity index (χ0v) is 14.3. The number of nitrogens with zero attached hydrogens (tertiary/aromatic N) is 1. The monoisotopic (exact) mass is 339 g/mol. The average molecular weight is 339 g/mol. The lowest BCUT2D eigenvalue weighted by Gasteiger charge is -2.19. The van der Waals surface area contributed by atoms with Crippen molar-refractivity contribution in [3.05, 3.63) is 17.7 Å². The van der Waals surface area contributed by atoms with Crippen LogP contribution < -0.4 is 14.2 Å². The minimum Gasteiger partial charge on any atom is -0.496 e. The fraction of sp³-hybridized carbons (Fsp3) is 0.562. The molecular weight excluding hydrogens is 318 g/mol. The number of hydrogen-bond donors (Lipinski definition) is 0. The molecule has 24 heavy (non-hydrogen) atoms. The summed E-state index contributed by atoms with van der Waals surface area (Å²) < 4.78 is 32.7. The van der Waals surface area contributed by atoms with E-state index in [1.54, 1.807) is 47.7 Å². The van der Waals surface area contributed by atoms with Gasteiger partial charge in [-0.3, -0.25) is 0 Å². The molecule has 2 aliphatic heterocycles. The highest BCUT2D eigenvalue weighted by Crippen LogP contribution is 2.43. The molecule has 8 heteroatoms. The third kappa shape index (κ3) is 2.56. The smallest absolute Gasteiger partial charge is 0.200 e. The summed E-state index contributed by atoms with van der Waals surface area (Å²) in [5, 5.41) is 4.24. The van der Waals surface area contributed by atoms with Gasteiger partial charge in [-0.2, -0.15) is 0 Å². The predicted molar refractivity (Wildman–Crippen MR) is 83.7 cm³/mol. The Morgan fingerprint density at radius 3 is 2.00 bits per heavy atom. The molecular formula is C16H21NO7. The molecule has 0 saturated carbocycles. The molecule has 4 atom stereocenters. The molecule has 1 saturated heterocycles. The van der Waals surface area contributed by atoms with E-state index in [0.29, 0.717) is 28.5 Å². The molecule has 0 amide bonds. The Labute approximate surface area is 140 Å².